The van der Waals surface area contributed by atoms with Crippen LogP contribution >= 0.6 is 27.3 Å². The predicted molar refractivity (Wildman–Crippen MR) is 83.7 cm³/mol. The Morgan fingerprint density at radius 3 is 2.50 bits per heavy atom. The maximum absolute atomic E-state index is 12.2. The van der Waals surface area contributed by atoms with Gasteiger partial charge in [0.15, 0.2) is 0 Å². The molecule has 0 aromatic carbocycles. The molecule has 0 aliphatic carbocycles. The van der Waals surface area contributed by atoms with Gasteiger partial charge in [0.05, 0.1) is 9.20 Å². The van der Waals surface area contributed by atoms with Gasteiger partial charge in [0, 0.05) is 20.0 Å². The molecule has 0 bridgehead atoms. The van der Waals surface area contributed by atoms with E-state index in [-0.39, 0.29) is 18.2 Å². The smallest absolute Gasteiger partial charge is 0.310 e. The molecular formula is C14H20BrNO3S. The molecule has 1 atom stereocenters. The van der Waals surface area contributed by atoms with Crippen LogP contribution in [0, 0.1) is 11.3 Å². The van der Waals surface area contributed by atoms with E-state index >= 15 is 0 Å². The van der Waals surface area contributed by atoms with E-state index in [1.165, 1.54) is 0 Å². The lowest BCUT2D eigenvalue weighted by Gasteiger charge is -2.30. The summed E-state index contributed by atoms with van der Waals surface area (Å²) in [6, 6.07) is 1.97. The fourth-order valence-corrected chi connectivity index (χ4v) is 2.97. The fraction of sp³-hybridized carbons (Fsp3) is 0.571. The number of hydrogen-bond donors (Lipinski definition) is 1. The number of carboxylic acid groups (broad SMARTS) is 1. The van der Waals surface area contributed by atoms with Gasteiger partial charge < -0.3 is 10.0 Å². The minimum Gasteiger partial charge on any atom is -0.481 e. The minimum atomic E-state index is -1.03. The quantitative estimate of drug-likeness (QED) is 0.841. The Bertz CT molecular complexity index is 500. The molecule has 112 valence electrons. The number of halogens is 1. The summed E-state index contributed by atoms with van der Waals surface area (Å²) in [6.07, 6.45) is 0.0157. The Labute approximate surface area is 131 Å². The molecule has 0 aliphatic heterocycles. The summed E-state index contributed by atoms with van der Waals surface area (Å²) in [5, 5.41) is 11.3. The van der Waals surface area contributed by atoms with Crippen LogP contribution in [0.15, 0.2) is 15.2 Å². The number of nitrogens with zero attached hydrogens (tertiary/aromatic N) is 1. The molecule has 1 unspecified atom stereocenters. The minimum absolute atomic E-state index is 0.0157. The number of hydrogen-bond acceptors (Lipinski definition) is 3. The number of carboxylic acids is 1. The van der Waals surface area contributed by atoms with Gasteiger partial charge in [-0.3, -0.25) is 9.59 Å². The molecule has 0 fully saturated rings. The third-order valence-electron chi connectivity index (χ3n) is 3.75. The molecule has 0 spiro atoms. The van der Waals surface area contributed by atoms with Crippen molar-refractivity contribution in [2.24, 2.45) is 11.3 Å². The van der Waals surface area contributed by atoms with Gasteiger partial charge in [-0.25, -0.2) is 0 Å². The molecule has 4 nitrogen and oxygen atoms in total. The van der Waals surface area contributed by atoms with Crippen LogP contribution in [-0.2, 0) is 16.1 Å². The Hall–Kier alpha value is -0.880. The Morgan fingerprint density at radius 1 is 1.50 bits per heavy atom. The number of carbonyl (C=O) groups excluding carboxylic acids is 1. The molecule has 1 rings (SSSR count). The van der Waals surface area contributed by atoms with Crippen LogP contribution in [0.5, 0.6) is 0 Å². The van der Waals surface area contributed by atoms with Crippen molar-refractivity contribution in [1.82, 2.24) is 4.90 Å². The first-order valence-electron chi connectivity index (χ1n) is 6.37. The Morgan fingerprint density at radius 2 is 2.10 bits per heavy atom. The molecule has 6 heteroatoms. The standard InChI is InChI=1S/C14H20BrNO3S/c1-9(2)14(3,13(18)19)6-12(17)16(4)7-10-5-11(15)20-8-10/h5,8-9H,6-7H2,1-4H3,(H,18,19). The maximum atomic E-state index is 12.2. The highest BCUT2D eigenvalue weighted by molar-refractivity contribution is 9.11. The summed E-state index contributed by atoms with van der Waals surface area (Å²) < 4.78 is 1.02. The van der Waals surface area contributed by atoms with E-state index in [0.717, 1.165) is 9.35 Å². The molecule has 20 heavy (non-hydrogen) atoms. The van der Waals surface area contributed by atoms with E-state index < -0.39 is 11.4 Å². The van der Waals surface area contributed by atoms with Crippen molar-refractivity contribution in [3.05, 3.63) is 20.8 Å². The van der Waals surface area contributed by atoms with Crippen LogP contribution < -0.4 is 0 Å². The highest BCUT2D eigenvalue weighted by Gasteiger charge is 2.39. The first-order valence-corrected chi connectivity index (χ1v) is 8.04. The molecule has 0 aliphatic rings. The van der Waals surface area contributed by atoms with Gasteiger partial charge in [-0.15, -0.1) is 11.3 Å². The van der Waals surface area contributed by atoms with Crippen molar-refractivity contribution in [2.45, 2.75) is 33.7 Å². The van der Waals surface area contributed by atoms with E-state index in [1.807, 2.05) is 25.3 Å². The number of aliphatic carboxylic acids is 1. The van der Waals surface area contributed by atoms with Crippen molar-refractivity contribution in [1.29, 1.82) is 0 Å². The molecule has 1 aromatic heterocycles. The van der Waals surface area contributed by atoms with Gasteiger partial charge in [-0.1, -0.05) is 13.8 Å². The van der Waals surface area contributed by atoms with Gasteiger partial charge in [0.2, 0.25) is 5.91 Å². The molecule has 0 saturated heterocycles. The summed E-state index contributed by atoms with van der Waals surface area (Å²) >= 11 is 4.95. The molecule has 1 aromatic rings. The van der Waals surface area contributed by atoms with Gasteiger partial charge in [-0.05, 0) is 45.8 Å². The maximum Gasteiger partial charge on any atom is 0.310 e. The predicted octanol–water partition coefficient (Wildman–Crippen LogP) is 3.61. The van der Waals surface area contributed by atoms with E-state index in [2.05, 4.69) is 15.9 Å². The molecular weight excluding hydrogens is 342 g/mol. The zero-order valence-corrected chi connectivity index (χ0v) is 14.5. The molecule has 0 radical (unpaired) electrons. The fourth-order valence-electron chi connectivity index (χ4n) is 1.77. The zero-order chi connectivity index (χ0) is 15.5. The number of carbonyl (C=O) groups is 2. The highest BCUT2D eigenvalue weighted by atomic mass is 79.9. The average molecular weight is 362 g/mol. The SMILES string of the molecule is CC(C)C(C)(CC(=O)N(C)Cc1csc(Br)c1)C(=O)O. The summed E-state index contributed by atoms with van der Waals surface area (Å²) in [7, 11) is 1.70. The second-order valence-corrected chi connectivity index (χ2v) is 7.85. The summed E-state index contributed by atoms with van der Waals surface area (Å²) in [6.45, 7) is 5.79. The van der Waals surface area contributed by atoms with Crippen molar-refractivity contribution in [3.8, 4) is 0 Å². The van der Waals surface area contributed by atoms with Crippen LogP contribution in [0.2, 0.25) is 0 Å². The topological polar surface area (TPSA) is 57.6 Å². The third-order valence-corrected chi connectivity index (χ3v) is 5.30. The lowest BCUT2D eigenvalue weighted by molar-refractivity contribution is -0.155. The lowest BCUT2D eigenvalue weighted by atomic mass is 9.76. The van der Waals surface area contributed by atoms with Gasteiger partial charge in [0.25, 0.3) is 0 Å². The first-order chi connectivity index (χ1) is 9.16. The van der Waals surface area contributed by atoms with Gasteiger partial charge >= 0.3 is 5.97 Å². The summed E-state index contributed by atoms with van der Waals surface area (Å²) in [5.74, 6) is -1.17. The lowest BCUT2D eigenvalue weighted by Crippen LogP contribution is -2.39. The van der Waals surface area contributed by atoms with Crippen molar-refractivity contribution in [3.63, 3.8) is 0 Å². The largest absolute Gasteiger partial charge is 0.481 e. The second-order valence-electron chi connectivity index (χ2n) is 5.56. The monoisotopic (exact) mass is 361 g/mol. The van der Waals surface area contributed by atoms with Crippen molar-refractivity contribution in [2.75, 3.05) is 7.05 Å². The van der Waals surface area contributed by atoms with E-state index in [9.17, 15) is 14.7 Å². The highest BCUT2D eigenvalue weighted by Crippen LogP contribution is 2.32. The van der Waals surface area contributed by atoms with Crippen LogP contribution in [0.25, 0.3) is 0 Å². The van der Waals surface area contributed by atoms with E-state index in [0.29, 0.717) is 6.54 Å². The van der Waals surface area contributed by atoms with E-state index in [4.69, 9.17) is 0 Å². The zero-order valence-electron chi connectivity index (χ0n) is 12.1. The molecule has 1 N–H and O–H groups in total. The number of thiophene rings is 1. The van der Waals surface area contributed by atoms with Crippen LogP contribution in [-0.4, -0.2) is 28.9 Å². The van der Waals surface area contributed by atoms with Gasteiger partial charge in [-0.2, -0.15) is 0 Å². The summed E-state index contributed by atoms with van der Waals surface area (Å²) in [5.41, 5.74) is 0.0138. The van der Waals surface area contributed by atoms with E-state index in [1.54, 1.807) is 30.2 Å². The summed E-state index contributed by atoms with van der Waals surface area (Å²) in [4.78, 5) is 25.2. The Kier molecular flexibility index (Phi) is 5.77. The normalized spacial score (nSPS) is 14.1. The molecule has 1 amide bonds. The first kappa shape index (κ1) is 17.2. The van der Waals surface area contributed by atoms with Crippen LogP contribution in [0.3, 0.4) is 0 Å². The Balaban J connectivity index is 2.72. The molecule has 0 saturated carbocycles. The van der Waals surface area contributed by atoms with Crippen molar-refractivity contribution >= 4 is 39.1 Å². The van der Waals surface area contributed by atoms with Crippen LogP contribution in [0.4, 0.5) is 0 Å². The number of amides is 1. The van der Waals surface area contributed by atoms with Crippen LogP contribution in [0.1, 0.15) is 32.8 Å². The second kappa shape index (κ2) is 6.72. The molecule has 1 heterocycles. The number of rotatable bonds is 6. The third kappa shape index (κ3) is 4.06. The van der Waals surface area contributed by atoms with Gasteiger partial charge in [0.1, 0.15) is 0 Å². The van der Waals surface area contributed by atoms with Crippen molar-refractivity contribution < 1.29 is 14.7 Å². The average Bonchev–Trinajstić information content (AvgIpc) is 2.73.